The molecule has 2 N–H and O–H groups in total. The van der Waals surface area contributed by atoms with E-state index in [1.54, 1.807) is 0 Å². The minimum absolute atomic E-state index is 0.190. The molecular weight excluding hydrogens is 224 g/mol. The quantitative estimate of drug-likeness (QED) is 0.820. The monoisotopic (exact) mass is 254 g/mol. The minimum Gasteiger partial charge on any atom is -0.340 e. The van der Waals surface area contributed by atoms with E-state index in [1.807, 2.05) is 0 Å². The van der Waals surface area contributed by atoms with E-state index in [1.165, 1.54) is 6.42 Å². The summed E-state index contributed by atoms with van der Waals surface area (Å²) in [6.45, 7) is 10.5. The van der Waals surface area contributed by atoms with Gasteiger partial charge in [-0.25, -0.2) is 0 Å². The van der Waals surface area contributed by atoms with Crippen LogP contribution in [0.4, 0.5) is 0 Å². The lowest BCUT2D eigenvalue weighted by atomic mass is 9.84. The van der Waals surface area contributed by atoms with E-state index in [2.05, 4.69) is 32.6 Å². The summed E-state index contributed by atoms with van der Waals surface area (Å²) in [5, 5.41) is 0. The Morgan fingerprint density at radius 3 is 2.56 bits per heavy atom. The second-order valence-corrected chi connectivity index (χ2v) is 6.78. The molecule has 0 bridgehead atoms. The van der Waals surface area contributed by atoms with Crippen LogP contribution in [0.5, 0.6) is 0 Å². The van der Waals surface area contributed by atoms with Gasteiger partial charge in [-0.2, -0.15) is 0 Å². The molecule has 0 aromatic heterocycles. The Bertz CT molecular complexity index is 276. The lowest BCUT2D eigenvalue weighted by Gasteiger charge is -2.37. The predicted octanol–water partition coefficient (Wildman–Crippen LogP) is 2.79. The van der Waals surface area contributed by atoms with Gasteiger partial charge in [0.2, 0.25) is 5.91 Å². The Morgan fingerprint density at radius 2 is 1.94 bits per heavy atom. The van der Waals surface area contributed by atoms with Gasteiger partial charge in [0.1, 0.15) is 0 Å². The SMILES string of the molecule is CC1CCC(C)N(C(=O)CCC(C)(C)CCN)C1. The third-order valence-corrected chi connectivity index (χ3v) is 4.27. The smallest absolute Gasteiger partial charge is 0.222 e. The molecule has 0 aromatic rings. The fourth-order valence-electron chi connectivity index (χ4n) is 2.74. The summed E-state index contributed by atoms with van der Waals surface area (Å²) in [5.41, 5.74) is 5.80. The molecule has 106 valence electrons. The highest BCUT2D eigenvalue weighted by Gasteiger charge is 2.28. The fourth-order valence-corrected chi connectivity index (χ4v) is 2.74. The van der Waals surface area contributed by atoms with Crippen molar-refractivity contribution in [2.45, 2.75) is 65.8 Å². The van der Waals surface area contributed by atoms with E-state index >= 15 is 0 Å². The van der Waals surface area contributed by atoms with E-state index < -0.39 is 0 Å². The maximum atomic E-state index is 12.3. The molecule has 1 heterocycles. The zero-order valence-electron chi connectivity index (χ0n) is 12.5. The summed E-state index contributed by atoms with van der Waals surface area (Å²) in [6.07, 6.45) is 5.01. The Morgan fingerprint density at radius 1 is 1.28 bits per heavy atom. The molecule has 1 aliphatic rings. The van der Waals surface area contributed by atoms with Gasteiger partial charge >= 0.3 is 0 Å². The van der Waals surface area contributed by atoms with Gasteiger partial charge in [-0.05, 0) is 50.5 Å². The van der Waals surface area contributed by atoms with Gasteiger partial charge < -0.3 is 10.6 Å². The van der Waals surface area contributed by atoms with Crippen LogP contribution in [-0.2, 0) is 4.79 Å². The van der Waals surface area contributed by atoms with E-state index in [4.69, 9.17) is 5.73 Å². The highest BCUT2D eigenvalue weighted by atomic mass is 16.2. The number of hydrogen-bond acceptors (Lipinski definition) is 2. The first-order valence-corrected chi connectivity index (χ1v) is 7.35. The van der Waals surface area contributed by atoms with E-state index in [-0.39, 0.29) is 5.41 Å². The van der Waals surface area contributed by atoms with Gasteiger partial charge in [-0.15, -0.1) is 0 Å². The molecule has 1 rings (SSSR count). The van der Waals surface area contributed by atoms with Crippen molar-refractivity contribution in [2.75, 3.05) is 13.1 Å². The van der Waals surface area contributed by atoms with Crippen molar-refractivity contribution in [3.8, 4) is 0 Å². The molecule has 0 saturated carbocycles. The zero-order valence-corrected chi connectivity index (χ0v) is 12.5. The van der Waals surface area contributed by atoms with Crippen molar-refractivity contribution in [3.05, 3.63) is 0 Å². The third kappa shape index (κ3) is 4.60. The number of nitrogens with two attached hydrogens (primary N) is 1. The summed E-state index contributed by atoms with van der Waals surface area (Å²) in [4.78, 5) is 14.4. The number of piperidine rings is 1. The van der Waals surface area contributed by atoms with Gasteiger partial charge in [0.15, 0.2) is 0 Å². The molecule has 0 radical (unpaired) electrons. The van der Waals surface area contributed by atoms with E-state index in [0.29, 0.717) is 30.8 Å². The van der Waals surface area contributed by atoms with Crippen LogP contribution in [0.2, 0.25) is 0 Å². The van der Waals surface area contributed by atoms with Crippen LogP contribution < -0.4 is 5.73 Å². The van der Waals surface area contributed by atoms with Crippen molar-refractivity contribution in [2.24, 2.45) is 17.1 Å². The summed E-state index contributed by atoms with van der Waals surface area (Å²) in [7, 11) is 0. The first-order valence-electron chi connectivity index (χ1n) is 7.35. The predicted molar refractivity (Wildman–Crippen MR) is 76.3 cm³/mol. The number of hydrogen-bond donors (Lipinski definition) is 1. The zero-order chi connectivity index (χ0) is 13.8. The van der Waals surface area contributed by atoms with Crippen LogP contribution in [0, 0.1) is 11.3 Å². The van der Waals surface area contributed by atoms with Gasteiger partial charge in [0, 0.05) is 19.0 Å². The third-order valence-electron chi connectivity index (χ3n) is 4.27. The Balaban J connectivity index is 2.44. The molecule has 3 nitrogen and oxygen atoms in total. The van der Waals surface area contributed by atoms with Gasteiger partial charge in [-0.1, -0.05) is 20.8 Å². The van der Waals surface area contributed by atoms with E-state index in [0.717, 1.165) is 25.8 Å². The number of amides is 1. The highest BCUT2D eigenvalue weighted by molar-refractivity contribution is 5.76. The summed E-state index contributed by atoms with van der Waals surface area (Å²) < 4.78 is 0. The van der Waals surface area contributed by atoms with Crippen molar-refractivity contribution in [1.82, 2.24) is 4.90 Å². The maximum absolute atomic E-state index is 12.3. The van der Waals surface area contributed by atoms with Crippen LogP contribution in [0.15, 0.2) is 0 Å². The molecule has 1 fully saturated rings. The molecule has 2 atom stereocenters. The molecule has 1 saturated heterocycles. The molecule has 18 heavy (non-hydrogen) atoms. The van der Waals surface area contributed by atoms with Crippen LogP contribution in [0.25, 0.3) is 0 Å². The van der Waals surface area contributed by atoms with Gasteiger partial charge in [-0.3, -0.25) is 4.79 Å². The van der Waals surface area contributed by atoms with Gasteiger partial charge in [0.05, 0.1) is 0 Å². The number of rotatable bonds is 5. The molecule has 0 spiro atoms. The Kier molecular flexibility index (Phi) is 5.64. The number of carbonyl (C=O) groups is 1. The normalized spacial score (nSPS) is 25.3. The van der Waals surface area contributed by atoms with Crippen LogP contribution >= 0.6 is 0 Å². The van der Waals surface area contributed by atoms with E-state index in [9.17, 15) is 4.79 Å². The molecule has 1 aliphatic heterocycles. The average molecular weight is 254 g/mol. The maximum Gasteiger partial charge on any atom is 0.222 e. The minimum atomic E-state index is 0.190. The van der Waals surface area contributed by atoms with Crippen LogP contribution in [0.3, 0.4) is 0 Å². The molecule has 0 aromatic carbocycles. The van der Waals surface area contributed by atoms with Crippen LogP contribution in [-0.4, -0.2) is 29.9 Å². The lowest BCUT2D eigenvalue weighted by Crippen LogP contribution is -2.45. The summed E-state index contributed by atoms with van der Waals surface area (Å²) >= 11 is 0. The second-order valence-electron chi connectivity index (χ2n) is 6.78. The standard InChI is InChI=1S/C15H30N2O/c1-12-5-6-13(2)17(11-12)14(18)7-8-15(3,4)9-10-16/h12-13H,5-11,16H2,1-4H3. The number of carbonyl (C=O) groups excluding carboxylic acids is 1. The first-order chi connectivity index (χ1) is 8.35. The highest BCUT2D eigenvalue weighted by Crippen LogP contribution is 2.28. The van der Waals surface area contributed by atoms with Crippen molar-refractivity contribution in [1.29, 1.82) is 0 Å². The van der Waals surface area contributed by atoms with Crippen LogP contribution in [0.1, 0.15) is 59.8 Å². The molecule has 2 unspecified atom stereocenters. The fraction of sp³-hybridized carbons (Fsp3) is 0.933. The Hall–Kier alpha value is -0.570. The molecule has 0 aliphatic carbocycles. The van der Waals surface area contributed by atoms with Crippen molar-refractivity contribution < 1.29 is 4.79 Å². The van der Waals surface area contributed by atoms with Crippen molar-refractivity contribution in [3.63, 3.8) is 0 Å². The van der Waals surface area contributed by atoms with Gasteiger partial charge in [0.25, 0.3) is 0 Å². The molecule has 1 amide bonds. The first kappa shape index (κ1) is 15.5. The molecular formula is C15H30N2O. The summed E-state index contributed by atoms with van der Waals surface area (Å²) in [6, 6.07) is 0.423. The molecule has 3 heteroatoms. The Labute approximate surface area is 112 Å². The van der Waals surface area contributed by atoms with Crippen molar-refractivity contribution >= 4 is 5.91 Å². The summed E-state index contributed by atoms with van der Waals surface area (Å²) in [5.74, 6) is 0.987. The average Bonchev–Trinajstić information content (AvgIpc) is 2.29. The largest absolute Gasteiger partial charge is 0.340 e. The second kappa shape index (κ2) is 6.55. The number of nitrogens with zero attached hydrogens (tertiary/aromatic N) is 1. The topological polar surface area (TPSA) is 46.3 Å². The lowest BCUT2D eigenvalue weighted by molar-refractivity contribution is -0.136. The number of likely N-dealkylation sites (tertiary alicyclic amines) is 1.